The molecule has 1 nitrogen and oxygen atoms in total. The van der Waals surface area contributed by atoms with E-state index >= 15 is 0 Å². The molecule has 64 valence electrons. The van der Waals surface area contributed by atoms with Crippen LogP contribution in [-0.2, 0) is 0 Å². The van der Waals surface area contributed by atoms with Gasteiger partial charge in [-0.05, 0) is 39.0 Å². The molecule has 0 atom stereocenters. The largest absolute Gasteiger partial charge is 0.462 e. The fourth-order valence-corrected chi connectivity index (χ4v) is 0.851. The first-order valence-corrected chi connectivity index (χ1v) is 4.10. The number of allylic oxidation sites excluding steroid dienone is 2. The van der Waals surface area contributed by atoms with Crippen LogP contribution in [0.15, 0.2) is 36.1 Å². The van der Waals surface area contributed by atoms with Gasteiger partial charge < -0.3 is 4.74 Å². The van der Waals surface area contributed by atoms with Crippen molar-refractivity contribution in [2.45, 2.75) is 20.8 Å². The number of rotatable bonds is 2. The van der Waals surface area contributed by atoms with Crippen molar-refractivity contribution < 1.29 is 4.74 Å². The van der Waals surface area contributed by atoms with Crippen LogP contribution in [0.25, 0.3) is 0 Å². The number of benzene rings is 1. The normalized spacial score (nSPS) is 11.4. The third-order valence-corrected chi connectivity index (χ3v) is 1.71. The second-order valence-electron chi connectivity index (χ2n) is 2.81. The van der Waals surface area contributed by atoms with Crippen LogP contribution in [0.3, 0.4) is 0 Å². The molecule has 0 radical (unpaired) electrons. The van der Waals surface area contributed by atoms with Gasteiger partial charge in [-0.25, -0.2) is 0 Å². The van der Waals surface area contributed by atoms with E-state index in [1.54, 1.807) is 0 Å². The van der Waals surface area contributed by atoms with E-state index in [1.807, 2.05) is 44.2 Å². The molecule has 0 aromatic heterocycles. The Morgan fingerprint density at radius 3 is 2.33 bits per heavy atom. The molecular formula is C11H14O. The summed E-state index contributed by atoms with van der Waals surface area (Å²) in [5, 5.41) is 0. The van der Waals surface area contributed by atoms with E-state index in [2.05, 4.69) is 6.92 Å². The zero-order chi connectivity index (χ0) is 8.97. The predicted molar refractivity (Wildman–Crippen MR) is 51.2 cm³/mol. The lowest BCUT2D eigenvalue weighted by atomic mass is 10.2. The van der Waals surface area contributed by atoms with E-state index in [1.165, 1.54) is 5.56 Å². The highest BCUT2D eigenvalue weighted by Gasteiger charge is 1.92. The molecule has 0 aliphatic carbocycles. The van der Waals surface area contributed by atoms with Crippen molar-refractivity contribution in [2.24, 2.45) is 0 Å². The Labute approximate surface area is 73.7 Å². The lowest BCUT2D eigenvalue weighted by molar-refractivity contribution is 0.426. The second kappa shape index (κ2) is 3.96. The minimum atomic E-state index is 0.899. The molecule has 0 aliphatic rings. The Morgan fingerprint density at radius 2 is 1.83 bits per heavy atom. The van der Waals surface area contributed by atoms with E-state index < -0.39 is 0 Å². The van der Waals surface area contributed by atoms with Crippen LogP contribution in [0.4, 0.5) is 0 Å². The standard InChI is InChI=1S/C11H14O/c1-4-10(3)12-11-7-5-9(2)6-8-11/h4-8H,1-3H3. The zero-order valence-electron chi connectivity index (χ0n) is 7.79. The van der Waals surface area contributed by atoms with Crippen LogP contribution in [-0.4, -0.2) is 0 Å². The molecule has 0 amide bonds. The lowest BCUT2D eigenvalue weighted by Crippen LogP contribution is -1.89. The Morgan fingerprint density at radius 1 is 1.25 bits per heavy atom. The molecule has 0 unspecified atom stereocenters. The summed E-state index contributed by atoms with van der Waals surface area (Å²) in [6, 6.07) is 8.03. The van der Waals surface area contributed by atoms with Gasteiger partial charge in [-0.1, -0.05) is 17.7 Å². The van der Waals surface area contributed by atoms with E-state index in [0.717, 1.165) is 11.5 Å². The topological polar surface area (TPSA) is 9.23 Å². The average molecular weight is 162 g/mol. The first-order chi connectivity index (χ1) is 5.72. The Kier molecular flexibility index (Phi) is 2.92. The highest BCUT2D eigenvalue weighted by molar-refractivity contribution is 5.27. The van der Waals surface area contributed by atoms with Crippen LogP contribution in [0.5, 0.6) is 5.75 Å². The molecule has 0 N–H and O–H groups in total. The van der Waals surface area contributed by atoms with Gasteiger partial charge in [-0.3, -0.25) is 0 Å². The first-order valence-electron chi connectivity index (χ1n) is 4.10. The second-order valence-corrected chi connectivity index (χ2v) is 2.81. The number of ether oxygens (including phenoxy) is 1. The zero-order valence-corrected chi connectivity index (χ0v) is 7.79. The van der Waals surface area contributed by atoms with Gasteiger partial charge >= 0.3 is 0 Å². The van der Waals surface area contributed by atoms with Gasteiger partial charge in [0, 0.05) is 0 Å². The van der Waals surface area contributed by atoms with Crippen molar-refractivity contribution in [3.63, 3.8) is 0 Å². The van der Waals surface area contributed by atoms with Gasteiger partial charge in [0.25, 0.3) is 0 Å². The molecule has 1 heteroatoms. The van der Waals surface area contributed by atoms with Gasteiger partial charge in [-0.2, -0.15) is 0 Å². The highest BCUT2D eigenvalue weighted by atomic mass is 16.5. The summed E-state index contributed by atoms with van der Waals surface area (Å²) in [7, 11) is 0. The summed E-state index contributed by atoms with van der Waals surface area (Å²) in [5.41, 5.74) is 1.25. The Bertz CT molecular complexity index is 270. The third kappa shape index (κ3) is 2.42. The van der Waals surface area contributed by atoms with E-state index in [9.17, 15) is 0 Å². The minimum absolute atomic E-state index is 0.899. The van der Waals surface area contributed by atoms with Crippen molar-refractivity contribution in [1.29, 1.82) is 0 Å². The smallest absolute Gasteiger partial charge is 0.126 e. The van der Waals surface area contributed by atoms with Crippen molar-refractivity contribution in [1.82, 2.24) is 0 Å². The number of hydrogen-bond acceptors (Lipinski definition) is 1. The summed E-state index contributed by atoms with van der Waals surface area (Å²) in [5.74, 6) is 1.83. The van der Waals surface area contributed by atoms with Crippen molar-refractivity contribution in [3.8, 4) is 5.75 Å². The average Bonchev–Trinajstić information content (AvgIpc) is 2.09. The fourth-order valence-electron chi connectivity index (χ4n) is 0.851. The predicted octanol–water partition coefficient (Wildman–Crippen LogP) is 3.30. The van der Waals surface area contributed by atoms with Crippen molar-refractivity contribution in [3.05, 3.63) is 41.7 Å². The summed E-state index contributed by atoms with van der Waals surface area (Å²) >= 11 is 0. The van der Waals surface area contributed by atoms with Gasteiger partial charge in [0.1, 0.15) is 5.75 Å². The summed E-state index contributed by atoms with van der Waals surface area (Å²) < 4.78 is 5.48. The van der Waals surface area contributed by atoms with Crippen LogP contribution in [0.2, 0.25) is 0 Å². The molecule has 0 saturated carbocycles. The first kappa shape index (κ1) is 8.85. The number of aryl methyl sites for hydroxylation is 1. The highest BCUT2D eigenvalue weighted by Crippen LogP contribution is 2.14. The molecule has 0 heterocycles. The molecule has 0 saturated heterocycles. The molecule has 12 heavy (non-hydrogen) atoms. The number of hydrogen-bond donors (Lipinski definition) is 0. The van der Waals surface area contributed by atoms with Crippen LogP contribution < -0.4 is 4.74 Å². The fraction of sp³-hybridized carbons (Fsp3) is 0.273. The summed E-state index contributed by atoms with van der Waals surface area (Å²) in [6.45, 7) is 5.97. The van der Waals surface area contributed by atoms with Crippen LogP contribution >= 0.6 is 0 Å². The van der Waals surface area contributed by atoms with Gasteiger partial charge in [0.05, 0.1) is 5.76 Å². The molecule has 1 rings (SSSR count). The Balaban J connectivity index is 2.71. The third-order valence-electron chi connectivity index (χ3n) is 1.71. The Hall–Kier alpha value is -1.24. The van der Waals surface area contributed by atoms with Gasteiger partial charge in [-0.15, -0.1) is 0 Å². The van der Waals surface area contributed by atoms with Crippen molar-refractivity contribution >= 4 is 0 Å². The van der Waals surface area contributed by atoms with Gasteiger partial charge in [0.15, 0.2) is 0 Å². The van der Waals surface area contributed by atoms with Crippen molar-refractivity contribution in [2.75, 3.05) is 0 Å². The SMILES string of the molecule is CC=C(C)Oc1ccc(C)cc1. The maximum atomic E-state index is 5.48. The quantitative estimate of drug-likeness (QED) is 0.606. The molecule has 1 aromatic rings. The monoisotopic (exact) mass is 162 g/mol. The summed E-state index contributed by atoms with van der Waals surface area (Å²) in [6.07, 6.45) is 1.94. The molecular weight excluding hydrogens is 148 g/mol. The molecule has 0 fully saturated rings. The minimum Gasteiger partial charge on any atom is -0.462 e. The molecule has 0 spiro atoms. The molecule has 0 bridgehead atoms. The van der Waals surface area contributed by atoms with E-state index in [-0.39, 0.29) is 0 Å². The maximum Gasteiger partial charge on any atom is 0.126 e. The molecule has 0 aliphatic heterocycles. The van der Waals surface area contributed by atoms with Crippen LogP contribution in [0.1, 0.15) is 19.4 Å². The maximum absolute atomic E-state index is 5.48. The molecule has 1 aromatic carbocycles. The van der Waals surface area contributed by atoms with E-state index in [0.29, 0.717) is 0 Å². The van der Waals surface area contributed by atoms with Crippen LogP contribution in [0, 0.1) is 6.92 Å². The van der Waals surface area contributed by atoms with Gasteiger partial charge in [0.2, 0.25) is 0 Å². The summed E-state index contributed by atoms with van der Waals surface area (Å²) in [4.78, 5) is 0. The van der Waals surface area contributed by atoms with E-state index in [4.69, 9.17) is 4.74 Å². The lowest BCUT2D eigenvalue weighted by Gasteiger charge is -2.04.